The first-order valence-electron chi connectivity index (χ1n) is 7.22. The van der Waals surface area contributed by atoms with Crippen molar-refractivity contribution in [2.24, 2.45) is 0 Å². The Hall–Kier alpha value is -1.04. The molecule has 118 valence electrons. The molecule has 2 N–H and O–H groups in total. The van der Waals surface area contributed by atoms with E-state index in [1.54, 1.807) is 11.8 Å². The Morgan fingerprint density at radius 3 is 2.62 bits per heavy atom. The van der Waals surface area contributed by atoms with Crippen LogP contribution in [0.25, 0.3) is 0 Å². The lowest BCUT2D eigenvalue weighted by molar-refractivity contribution is -0.148. The summed E-state index contributed by atoms with van der Waals surface area (Å²) in [5.41, 5.74) is 0.0569. The number of benzene rings is 1. The Labute approximate surface area is 131 Å². The van der Waals surface area contributed by atoms with Gasteiger partial charge in [0, 0.05) is 17.6 Å². The maximum absolute atomic E-state index is 12.4. The molecule has 0 spiro atoms. The fourth-order valence-electron chi connectivity index (χ4n) is 2.22. The molecule has 0 heterocycles. The second-order valence-electron chi connectivity index (χ2n) is 4.93. The van der Waals surface area contributed by atoms with Crippen molar-refractivity contribution >= 4 is 17.7 Å². The summed E-state index contributed by atoms with van der Waals surface area (Å²) in [4.78, 5) is 12.4. The van der Waals surface area contributed by atoms with Crippen molar-refractivity contribution in [3.63, 3.8) is 0 Å². The van der Waals surface area contributed by atoms with Crippen molar-refractivity contribution in [2.45, 2.75) is 31.1 Å². The van der Waals surface area contributed by atoms with Crippen molar-refractivity contribution < 1.29 is 14.6 Å². The van der Waals surface area contributed by atoms with E-state index in [2.05, 4.69) is 12.2 Å². The fraction of sp³-hybridized carbons (Fsp3) is 0.562. The number of thioether (sulfide) groups is 1. The van der Waals surface area contributed by atoms with E-state index in [4.69, 9.17) is 9.84 Å². The van der Waals surface area contributed by atoms with Crippen LogP contribution >= 0.6 is 11.8 Å². The van der Waals surface area contributed by atoms with E-state index in [1.807, 2.05) is 37.3 Å². The van der Waals surface area contributed by atoms with Gasteiger partial charge in [0.05, 0.1) is 7.11 Å². The first-order chi connectivity index (χ1) is 10.1. The molecule has 0 aliphatic rings. The van der Waals surface area contributed by atoms with Gasteiger partial charge >= 0.3 is 5.97 Å². The van der Waals surface area contributed by atoms with Crippen molar-refractivity contribution in [3.8, 4) is 0 Å². The van der Waals surface area contributed by atoms with Gasteiger partial charge in [-0.05, 0) is 18.5 Å². The number of hydrogen-bond acceptors (Lipinski definition) is 5. The summed E-state index contributed by atoms with van der Waals surface area (Å²) >= 11 is 1.66. The fourth-order valence-corrected chi connectivity index (χ4v) is 3.41. The zero-order chi connectivity index (χ0) is 15.7. The van der Waals surface area contributed by atoms with Gasteiger partial charge in [0.25, 0.3) is 0 Å². The Morgan fingerprint density at radius 1 is 1.43 bits per heavy atom. The average molecular weight is 311 g/mol. The van der Waals surface area contributed by atoms with Crippen LogP contribution in [0.2, 0.25) is 0 Å². The average Bonchev–Trinajstić information content (AvgIpc) is 2.52. The minimum Gasteiger partial charge on any atom is -0.467 e. The molecule has 0 aliphatic heterocycles. The van der Waals surface area contributed by atoms with Gasteiger partial charge in [-0.1, -0.05) is 44.2 Å². The highest BCUT2D eigenvalue weighted by Crippen LogP contribution is 2.30. The number of likely N-dealkylation sites (N-methyl/N-ethyl adjacent to an activating group) is 1. The minimum absolute atomic E-state index is 0.159. The maximum Gasteiger partial charge on any atom is 0.331 e. The van der Waals surface area contributed by atoms with E-state index in [-0.39, 0.29) is 17.8 Å². The van der Waals surface area contributed by atoms with Crippen LogP contribution in [-0.2, 0) is 15.1 Å². The number of esters is 1. The van der Waals surface area contributed by atoms with Gasteiger partial charge in [-0.25, -0.2) is 4.79 Å². The molecule has 2 unspecified atom stereocenters. The third-order valence-electron chi connectivity index (χ3n) is 3.40. The number of rotatable bonds is 9. The molecule has 1 aromatic carbocycles. The highest BCUT2D eigenvalue weighted by Gasteiger charge is 2.40. The molecule has 0 aliphatic carbocycles. The quantitative estimate of drug-likeness (QED) is 0.685. The van der Waals surface area contributed by atoms with Crippen LogP contribution in [0.4, 0.5) is 0 Å². The summed E-state index contributed by atoms with van der Waals surface area (Å²) in [5, 5.41) is 12.6. The summed E-state index contributed by atoms with van der Waals surface area (Å²) in [5.74, 6) is 0.290. The standard InChI is InChI=1S/C16H25NO3S/c1-4-17-16(15(19)20-3,12-21-13(2)10-11-18)14-8-6-5-7-9-14/h5-9,13,17-18H,4,10-12H2,1-3H3. The first-order valence-corrected chi connectivity index (χ1v) is 8.27. The van der Waals surface area contributed by atoms with Gasteiger partial charge < -0.3 is 9.84 Å². The summed E-state index contributed by atoms with van der Waals surface area (Å²) < 4.78 is 5.05. The highest BCUT2D eigenvalue weighted by atomic mass is 32.2. The largest absolute Gasteiger partial charge is 0.467 e. The topological polar surface area (TPSA) is 58.6 Å². The van der Waals surface area contributed by atoms with Crippen LogP contribution < -0.4 is 5.32 Å². The monoisotopic (exact) mass is 311 g/mol. The van der Waals surface area contributed by atoms with E-state index in [0.717, 1.165) is 5.56 Å². The lowest BCUT2D eigenvalue weighted by Crippen LogP contribution is -2.52. The molecule has 0 fully saturated rings. The molecule has 2 atom stereocenters. The third-order valence-corrected chi connectivity index (χ3v) is 4.80. The van der Waals surface area contributed by atoms with Gasteiger partial charge in [0.1, 0.15) is 0 Å². The molecule has 0 aromatic heterocycles. The zero-order valence-corrected chi connectivity index (χ0v) is 13.8. The molecule has 5 heteroatoms. The number of hydrogen-bond donors (Lipinski definition) is 2. The third kappa shape index (κ3) is 4.73. The van der Waals surface area contributed by atoms with Crippen LogP contribution in [0.3, 0.4) is 0 Å². The molecule has 1 rings (SSSR count). The van der Waals surface area contributed by atoms with Crippen LogP contribution in [0.15, 0.2) is 30.3 Å². The molecule has 4 nitrogen and oxygen atoms in total. The molecule has 0 saturated heterocycles. The molecular formula is C16H25NO3S. The number of aliphatic hydroxyl groups excluding tert-OH is 1. The number of methoxy groups -OCH3 is 1. The first kappa shape index (κ1) is 18.0. The summed E-state index contributed by atoms with van der Waals surface area (Å²) in [7, 11) is 1.42. The normalized spacial score (nSPS) is 15.2. The summed E-state index contributed by atoms with van der Waals surface area (Å²) in [6.45, 7) is 4.85. The van der Waals surface area contributed by atoms with Crippen LogP contribution in [0.1, 0.15) is 25.8 Å². The maximum atomic E-state index is 12.4. The summed E-state index contributed by atoms with van der Waals surface area (Å²) in [6.07, 6.45) is 0.711. The number of nitrogens with one attached hydrogen (secondary N) is 1. The Kier molecular flexibility index (Phi) is 7.78. The van der Waals surface area contributed by atoms with Gasteiger partial charge in [-0.15, -0.1) is 0 Å². The van der Waals surface area contributed by atoms with E-state index in [9.17, 15) is 4.79 Å². The van der Waals surface area contributed by atoms with Gasteiger partial charge in [0.15, 0.2) is 5.54 Å². The van der Waals surface area contributed by atoms with E-state index < -0.39 is 5.54 Å². The van der Waals surface area contributed by atoms with Crippen molar-refractivity contribution in [2.75, 3.05) is 26.0 Å². The Bertz CT molecular complexity index is 427. The SMILES string of the molecule is CCNC(CSC(C)CCO)(C(=O)OC)c1ccccc1. The Morgan fingerprint density at radius 2 is 2.10 bits per heavy atom. The van der Waals surface area contributed by atoms with Crippen LogP contribution in [0, 0.1) is 0 Å². The minimum atomic E-state index is -0.848. The van der Waals surface area contributed by atoms with Crippen LogP contribution in [-0.4, -0.2) is 42.3 Å². The zero-order valence-electron chi connectivity index (χ0n) is 13.0. The van der Waals surface area contributed by atoms with E-state index >= 15 is 0 Å². The Balaban J connectivity index is 3.04. The molecule has 0 amide bonds. The van der Waals surface area contributed by atoms with Crippen LogP contribution in [0.5, 0.6) is 0 Å². The van der Waals surface area contributed by atoms with Crippen molar-refractivity contribution in [1.82, 2.24) is 5.32 Å². The van der Waals surface area contributed by atoms with Gasteiger partial charge in [-0.3, -0.25) is 5.32 Å². The van der Waals surface area contributed by atoms with E-state index in [0.29, 0.717) is 18.7 Å². The lowest BCUT2D eigenvalue weighted by Gasteiger charge is -2.33. The molecular weight excluding hydrogens is 286 g/mol. The summed E-state index contributed by atoms with van der Waals surface area (Å²) in [6, 6.07) is 9.66. The van der Waals surface area contributed by atoms with E-state index in [1.165, 1.54) is 7.11 Å². The van der Waals surface area contributed by atoms with Crippen molar-refractivity contribution in [3.05, 3.63) is 35.9 Å². The van der Waals surface area contributed by atoms with Crippen molar-refractivity contribution in [1.29, 1.82) is 0 Å². The second kappa shape index (κ2) is 9.07. The predicted molar refractivity (Wildman–Crippen MR) is 87.4 cm³/mol. The molecule has 1 aromatic rings. The second-order valence-corrected chi connectivity index (χ2v) is 6.35. The smallest absolute Gasteiger partial charge is 0.331 e. The molecule has 0 saturated carbocycles. The number of aliphatic hydroxyl groups is 1. The predicted octanol–water partition coefficient (Wildman–Crippen LogP) is 2.17. The number of ether oxygens (including phenoxy) is 1. The lowest BCUT2D eigenvalue weighted by atomic mass is 9.91. The van der Waals surface area contributed by atoms with Gasteiger partial charge in [-0.2, -0.15) is 11.8 Å². The highest BCUT2D eigenvalue weighted by molar-refractivity contribution is 7.99. The molecule has 0 bridgehead atoms. The van der Waals surface area contributed by atoms with Gasteiger partial charge in [0.2, 0.25) is 0 Å². The number of carbonyl (C=O) groups excluding carboxylic acids is 1. The number of carbonyl (C=O) groups is 1. The molecule has 21 heavy (non-hydrogen) atoms. The molecule has 0 radical (unpaired) electrons.